The molecule has 124 valence electrons. The lowest BCUT2D eigenvalue weighted by Gasteiger charge is -2.21. The van der Waals surface area contributed by atoms with Crippen LogP contribution in [0.2, 0.25) is 0 Å². The highest BCUT2D eigenvalue weighted by Gasteiger charge is 2.21. The van der Waals surface area contributed by atoms with E-state index in [0.717, 1.165) is 12.8 Å². The van der Waals surface area contributed by atoms with Gasteiger partial charge in [0.15, 0.2) is 0 Å². The van der Waals surface area contributed by atoms with Crippen molar-refractivity contribution in [3.05, 3.63) is 29.8 Å². The summed E-state index contributed by atoms with van der Waals surface area (Å²) in [6.45, 7) is 1.22. The van der Waals surface area contributed by atoms with Gasteiger partial charge in [0.2, 0.25) is 5.91 Å². The smallest absolute Gasteiger partial charge is 0.305 e. The van der Waals surface area contributed by atoms with Crippen LogP contribution >= 0.6 is 0 Å². The first-order valence-electron chi connectivity index (χ1n) is 7.55. The number of ether oxygens (including phenoxy) is 1. The normalized spacial score (nSPS) is 17.3. The van der Waals surface area contributed by atoms with E-state index in [0.29, 0.717) is 24.5 Å². The minimum atomic E-state index is -0.963. The zero-order chi connectivity index (χ0) is 16.7. The lowest BCUT2D eigenvalue weighted by atomic mass is 10.0. The molecule has 0 aromatic heterocycles. The van der Waals surface area contributed by atoms with Crippen LogP contribution in [0.15, 0.2) is 24.3 Å². The van der Waals surface area contributed by atoms with Gasteiger partial charge in [-0.3, -0.25) is 14.4 Å². The van der Waals surface area contributed by atoms with E-state index >= 15 is 0 Å². The summed E-state index contributed by atoms with van der Waals surface area (Å²) in [4.78, 5) is 34.3. The number of carbonyl (C=O) groups is 3. The van der Waals surface area contributed by atoms with E-state index < -0.39 is 5.97 Å². The van der Waals surface area contributed by atoms with Crippen molar-refractivity contribution in [1.82, 2.24) is 5.32 Å². The lowest BCUT2D eigenvalue weighted by Crippen LogP contribution is -2.30. The molecule has 0 saturated carbocycles. The molecule has 0 radical (unpaired) electrons. The molecule has 23 heavy (non-hydrogen) atoms. The Kier molecular flexibility index (Phi) is 6.10. The number of carbonyl (C=O) groups excluding carboxylic acids is 2. The van der Waals surface area contributed by atoms with Crippen LogP contribution in [0.3, 0.4) is 0 Å². The minimum absolute atomic E-state index is 0.0777. The largest absolute Gasteiger partial charge is 0.481 e. The molecule has 0 spiro atoms. The van der Waals surface area contributed by atoms with Crippen LogP contribution in [0.25, 0.3) is 0 Å². The third-order valence-electron chi connectivity index (χ3n) is 3.57. The van der Waals surface area contributed by atoms with Gasteiger partial charge in [-0.25, -0.2) is 0 Å². The van der Waals surface area contributed by atoms with Crippen LogP contribution in [0.5, 0.6) is 0 Å². The molecule has 2 rings (SSSR count). The Morgan fingerprint density at radius 2 is 1.96 bits per heavy atom. The zero-order valence-corrected chi connectivity index (χ0v) is 12.7. The number of carboxylic acids is 1. The number of amides is 2. The Hall–Kier alpha value is -2.41. The summed E-state index contributed by atoms with van der Waals surface area (Å²) in [5, 5.41) is 13.9. The SMILES string of the molecule is O=C(O)CCNC(=O)c1ccc(NC(=O)C2CCCOC2)cc1. The molecule has 3 N–H and O–H groups in total. The molecule has 0 aliphatic carbocycles. The number of anilines is 1. The van der Waals surface area contributed by atoms with Crippen LogP contribution in [0, 0.1) is 5.92 Å². The third-order valence-corrected chi connectivity index (χ3v) is 3.57. The fourth-order valence-electron chi connectivity index (χ4n) is 2.28. The number of aliphatic carboxylic acids is 1. The summed E-state index contributed by atoms with van der Waals surface area (Å²) in [6, 6.07) is 6.47. The average Bonchev–Trinajstić information content (AvgIpc) is 2.56. The summed E-state index contributed by atoms with van der Waals surface area (Å²) in [6.07, 6.45) is 1.58. The molecule has 1 aliphatic heterocycles. The zero-order valence-electron chi connectivity index (χ0n) is 12.7. The second-order valence-electron chi connectivity index (χ2n) is 5.38. The van der Waals surface area contributed by atoms with Crippen molar-refractivity contribution in [2.75, 3.05) is 25.1 Å². The van der Waals surface area contributed by atoms with Gasteiger partial charge >= 0.3 is 5.97 Å². The van der Waals surface area contributed by atoms with Gasteiger partial charge in [-0.2, -0.15) is 0 Å². The van der Waals surface area contributed by atoms with E-state index in [2.05, 4.69) is 10.6 Å². The van der Waals surface area contributed by atoms with Crippen LogP contribution in [0.4, 0.5) is 5.69 Å². The summed E-state index contributed by atoms with van der Waals surface area (Å²) >= 11 is 0. The first-order valence-corrected chi connectivity index (χ1v) is 7.55. The first-order chi connectivity index (χ1) is 11.1. The predicted molar refractivity (Wildman–Crippen MR) is 83.2 cm³/mol. The van der Waals surface area contributed by atoms with E-state index in [1.807, 2.05) is 0 Å². The summed E-state index contributed by atoms with van der Waals surface area (Å²) in [5.41, 5.74) is 1.03. The molecule has 1 aromatic rings. The van der Waals surface area contributed by atoms with Gasteiger partial charge in [0.1, 0.15) is 0 Å². The Labute approximate surface area is 134 Å². The maximum Gasteiger partial charge on any atom is 0.305 e. The summed E-state index contributed by atoms with van der Waals surface area (Å²) in [5.74, 6) is -1.52. The molecule has 0 bridgehead atoms. The molecule has 2 amide bonds. The van der Waals surface area contributed by atoms with E-state index in [-0.39, 0.29) is 30.7 Å². The van der Waals surface area contributed by atoms with Crippen molar-refractivity contribution in [1.29, 1.82) is 0 Å². The highest BCUT2D eigenvalue weighted by Crippen LogP contribution is 2.17. The predicted octanol–water partition coefficient (Wildman–Crippen LogP) is 1.26. The van der Waals surface area contributed by atoms with Gasteiger partial charge in [0.05, 0.1) is 18.9 Å². The molecule has 7 nitrogen and oxygen atoms in total. The van der Waals surface area contributed by atoms with Gasteiger partial charge in [-0.05, 0) is 37.1 Å². The van der Waals surface area contributed by atoms with Gasteiger partial charge in [0, 0.05) is 24.4 Å². The monoisotopic (exact) mass is 320 g/mol. The molecular formula is C16H20N2O5. The first kappa shape index (κ1) is 17.0. The molecular weight excluding hydrogens is 300 g/mol. The molecule has 1 unspecified atom stereocenters. The molecule has 1 heterocycles. The van der Waals surface area contributed by atoms with Gasteiger partial charge in [0.25, 0.3) is 5.91 Å². The average molecular weight is 320 g/mol. The molecule has 1 aliphatic rings. The lowest BCUT2D eigenvalue weighted by molar-refractivity contribution is -0.136. The maximum atomic E-state index is 12.1. The van der Waals surface area contributed by atoms with Crippen molar-refractivity contribution >= 4 is 23.5 Å². The highest BCUT2D eigenvalue weighted by molar-refractivity contribution is 5.96. The van der Waals surface area contributed by atoms with Crippen LogP contribution < -0.4 is 10.6 Å². The Morgan fingerprint density at radius 1 is 1.22 bits per heavy atom. The van der Waals surface area contributed by atoms with Gasteiger partial charge in [-0.15, -0.1) is 0 Å². The number of hydrogen-bond acceptors (Lipinski definition) is 4. The Morgan fingerprint density at radius 3 is 2.57 bits per heavy atom. The van der Waals surface area contributed by atoms with Crippen molar-refractivity contribution in [3.63, 3.8) is 0 Å². The van der Waals surface area contributed by atoms with E-state index in [4.69, 9.17) is 9.84 Å². The number of nitrogens with one attached hydrogen (secondary N) is 2. The maximum absolute atomic E-state index is 12.1. The van der Waals surface area contributed by atoms with Crippen molar-refractivity contribution in [2.24, 2.45) is 5.92 Å². The van der Waals surface area contributed by atoms with Gasteiger partial charge in [-0.1, -0.05) is 0 Å². The molecule has 7 heteroatoms. The number of carboxylic acid groups (broad SMARTS) is 1. The Bertz CT molecular complexity index is 564. The molecule has 1 aromatic carbocycles. The van der Waals surface area contributed by atoms with Crippen molar-refractivity contribution < 1.29 is 24.2 Å². The molecule has 1 saturated heterocycles. The minimum Gasteiger partial charge on any atom is -0.481 e. The second-order valence-corrected chi connectivity index (χ2v) is 5.38. The molecule has 1 atom stereocenters. The van der Waals surface area contributed by atoms with Gasteiger partial charge < -0.3 is 20.5 Å². The second kappa shape index (κ2) is 8.28. The number of benzene rings is 1. The number of rotatable bonds is 6. The van der Waals surface area contributed by atoms with E-state index in [9.17, 15) is 14.4 Å². The standard InChI is InChI=1S/C16H20N2O5/c19-14(20)7-8-17-15(21)11-3-5-13(6-4-11)18-16(22)12-2-1-9-23-10-12/h3-6,12H,1-2,7-10H2,(H,17,21)(H,18,22)(H,19,20). The topological polar surface area (TPSA) is 105 Å². The van der Waals surface area contributed by atoms with E-state index in [1.165, 1.54) is 0 Å². The Balaban J connectivity index is 1.84. The van der Waals surface area contributed by atoms with Crippen LogP contribution in [-0.4, -0.2) is 42.6 Å². The molecule has 1 fully saturated rings. The van der Waals surface area contributed by atoms with Crippen molar-refractivity contribution in [2.45, 2.75) is 19.3 Å². The number of hydrogen-bond donors (Lipinski definition) is 3. The van der Waals surface area contributed by atoms with Crippen molar-refractivity contribution in [3.8, 4) is 0 Å². The highest BCUT2D eigenvalue weighted by atomic mass is 16.5. The van der Waals surface area contributed by atoms with E-state index in [1.54, 1.807) is 24.3 Å². The third kappa shape index (κ3) is 5.37. The summed E-state index contributed by atoms with van der Waals surface area (Å²) in [7, 11) is 0. The van der Waals surface area contributed by atoms with Crippen LogP contribution in [-0.2, 0) is 14.3 Å². The van der Waals surface area contributed by atoms with Crippen LogP contribution in [0.1, 0.15) is 29.6 Å². The fraction of sp³-hybridized carbons (Fsp3) is 0.438. The fourth-order valence-corrected chi connectivity index (χ4v) is 2.28. The summed E-state index contributed by atoms with van der Waals surface area (Å²) < 4.78 is 5.29. The quantitative estimate of drug-likeness (QED) is 0.732.